The lowest BCUT2D eigenvalue weighted by Crippen LogP contribution is -1.99. The van der Waals surface area contributed by atoms with Gasteiger partial charge >= 0.3 is 0 Å². The number of rotatable bonds is 4. The number of anilines is 1. The van der Waals surface area contributed by atoms with Crippen molar-refractivity contribution in [2.24, 2.45) is 0 Å². The number of fused-ring (bicyclic) bond motifs is 1. The fraction of sp³-hybridized carbons (Fsp3) is 0.267. The van der Waals surface area contributed by atoms with E-state index in [0.717, 1.165) is 36.2 Å². The molecule has 0 unspecified atom stereocenters. The van der Waals surface area contributed by atoms with E-state index in [1.165, 1.54) is 22.9 Å². The molecule has 0 spiro atoms. The minimum Gasteiger partial charge on any atom is -0.316 e. The molecule has 2 aromatic rings. The Kier molecular flexibility index (Phi) is 4.32. The molecule has 0 amide bonds. The number of para-hydroxylation sites is 1. The van der Waals surface area contributed by atoms with Gasteiger partial charge in [0.2, 0.25) is 0 Å². The first-order valence-corrected chi connectivity index (χ1v) is 8.55. The first-order chi connectivity index (χ1) is 10.7. The maximum Gasteiger partial charge on any atom is 0.284 e. The Labute approximate surface area is 136 Å². The van der Waals surface area contributed by atoms with E-state index in [1.807, 2.05) is 0 Å². The first-order valence-electron chi connectivity index (χ1n) is 6.91. The molecule has 0 bridgehead atoms. The Balaban J connectivity index is 1.85. The Morgan fingerprint density at radius 2 is 2.09 bits per heavy atom. The average molecular weight is 331 g/mol. The van der Waals surface area contributed by atoms with Crippen LogP contribution in [0.1, 0.15) is 28.8 Å². The van der Waals surface area contributed by atoms with Gasteiger partial charge in [-0.25, -0.2) is 0 Å². The van der Waals surface area contributed by atoms with Crippen molar-refractivity contribution >= 4 is 34.0 Å². The maximum absolute atomic E-state index is 11.0. The Morgan fingerprint density at radius 1 is 1.32 bits per heavy atom. The molecule has 1 aliphatic carbocycles. The molecule has 0 aliphatic heterocycles. The van der Waals surface area contributed by atoms with Gasteiger partial charge in [0.25, 0.3) is 5.69 Å². The van der Waals surface area contributed by atoms with Gasteiger partial charge in [-0.2, -0.15) is 5.26 Å². The van der Waals surface area contributed by atoms with Crippen molar-refractivity contribution < 1.29 is 4.92 Å². The largest absolute Gasteiger partial charge is 0.316 e. The van der Waals surface area contributed by atoms with Gasteiger partial charge in [-0.05, 0) is 49.3 Å². The average Bonchev–Trinajstić information content (AvgIpc) is 2.90. The quantitative estimate of drug-likeness (QED) is 0.506. The number of nitrogens with one attached hydrogen (secondary N) is 1. The van der Waals surface area contributed by atoms with Gasteiger partial charge < -0.3 is 4.72 Å². The van der Waals surface area contributed by atoms with Crippen LogP contribution in [0.25, 0.3) is 0 Å². The molecular weight excluding hydrogens is 318 g/mol. The zero-order chi connectivity index (χ0) is 15.5. The Bertz CT molecular complexity index is 765. The molecule has 1 aromatic carbocycles. The van der Waals surface area contributed by atoms with E-state index < -0.39 is 4.92 Å². The topological polar surface area (TPSA) is 79.0 Å². The standard InChI is InChI=1S/C15H13N3O2S2/c16-9-11-10-5-1-3-7-13(10)21-15(11)17-22-14-8-4-2-6-12(14)18(19)20/h2,4,6,8,17H,1,3,5,7H2. The van der Waals surface area contributed by atoms with Crippen LogP contribution in [0.15, 0.2) is 29.2 Å². The molecule has 0 atom stereocenters. The highest BCUT2D eigenvalue weighted by Gasteiger charge is 2.21. The van der Waals surface area contributed by atoms with Crippen molar-refractivity contribution in [1.29, 1.82) is 5.26 Å². The first kappa shape index (κ1) is 14.9. The second-order valence-electron chi connectivity index (χ2n) is 4.96. The zero-order valence-corrected chi connectivity index (χ0v) is 13.3. The van der Waals surface area contributed by atoms with Crippen LogP contribution in [0.3, 0.4) is 0 Å². The van der Waals surface area contributed by atoms with Crippen LogP contribution >= 0.6 is 23.3 Å². The second kappa shape index (κ2) is 6.38. The molecule has 7 heteroatoms. The number of thiophene rings is 1. The van der Waals surface area contributed by atoms with Crippen LogP contribution in [0, 0.1) is 21.4 Å². The summed E-state index contributed by atoms with van der Waals surface area (Å²) in [6.45, 7) is 0. The Hall–Kier alpha value is -2.04. The number of nitrogens with zero attached hydrogens (tertiary/aromatic N) is 2. The van der Waals surface area contributed by atoms with Crippen molar-refractivity contribution in [3.63, 3.8) is 0 Å². The van der Waals surface area contributed by atoms with Crippen LogP contribution in [0.2, 0.25) is 0 Å². The summed E-state index contributed by atoms with van der Waals surface area (Å²) >= 11 is 2.78. The summed E-state index contributed by atoms with van der Waals surface area (Å²) in [5.41, 5.74) is 1.93. The summed E-state index contributed by atoms with van der Waals surface area (Å²) in [7, 11) is 0. The molecule has 1 aliphatic rings. The molecule has 1 aromatic heterocycles. The minimum atomic E-state index is -0.394. The number of benzene rings is 1. The zero-order valence-electron chi connectivity index (χ0n) is 11.7. The van der Waals surface area contributed by atoms with Gasteiger partial charge in [0.05, 0.1) is 10.5 Å². The number of hydrogen-bond acceptors (Lipinski definition) is 6. The fourth-order valence-corrected chi connectivity index (χ4v) is 4.63. The Morgan fingerprint density at radius 3 is 2.86 bits per heavy atom. The summed E-state index contributed by atoms with van der Waals surface area (Å²) in [4.78, 5) is 12.5. The highest BCUT2D eigenvalue weighted by Crippen LogP contribution is 2.40. The smallest absolute Gasteiger partial charge is 0.284 e. The van der Waals surface area contributed by atoms with Crippen LogP contribution in [0.4, 0.5) is 10.7 Å². The summed E-state index contributed by atoms with van der Waals surface area (Å²) in [5.74, 6) is 0. The summed E-state index contributed by atoms with van der Waals surface area (Å²) < 4.78 is 3.14. The minimum absolute atomic E-state index is 0.0693. The highest BCUT2D eigenvalue weighted by atomic mass is 32.2. The molecule has 22 heavy (non-hydrogen) atoms. The van der Waals surface area contributed by atoms with Gasteiger partial charge in [-0.3, -0.25) is 10.1 Å². The van der Waals surface area contributed by atoms with Crippen molar-refractivity contribution in [2.75, 3.05) is 4.72 Å². The van der Waals surface area contributed by atoms with Crippen LogP contribution in [0.5, 0.6) is 0 Å². The van der Waals surface area contributed by atoms with Gasteiger partial charge in [-0.1, -0.05) is 12.1 Å². The van der Waals surface area contributed by atoms with Crippen molar-refractivity contribution in [2.45, 2.75) is 30.6 Å². The maximum atomic E-state index is 11.0. The lowest BCUT2D eigenvalue weighted by molar-refractivity contribution is -0.387. The van der Waals surface area contributed by atoms with E-state index in [2.05, 4.69) is 10.8 Å². The molecule has 0 fully saturated rings. The van der Waals surface area contributed by atoms with Gasteiger partial charge in [-0.15, -0.1) is 11.3 Å². The molecule has 112 valence electrons. The number of aryl methyl sites for hydroxylation is 1. The van der Waals surface area contributed by atoms with Crippen molar-refractivity contribution in [3.05, 3.63) is 50.4 Å². The number of nitro groups is 1. The summed E-state index contributed by atoms with van der Waals surface area (Å²) in [6.07, 6.45) is 4.25. The van der Waals surface area contributed by atoms with E-state index >= 15 is 0 Å². The molecule has 3 rings (SSSR count). The predicted molar refractivity (Wildman–Crippen MR) is 88.3 cm³/mol. The molecule has 1 N–H and O–H groups in total. The van der Waals surface area contributed by atoms with E-state index in [1.54, 1.807) is 29.5 Å². The van der Waals surface area contributed by atoms with Crippen LogP contribution in [-0.4, -0.2) is 4.92 Å². The molecule has 1 heterocycles. The third-order valence-electron chi connectivity index (χ3n) is 3.60. The van der Waals surface area contributed by atoms with Gasteiger partial charge in [0.1, 0.15) is 16.0 Å². The summed E-state index contributed by atoms with van der Waals surface area (Å²) in [6, 6.07) is 8.87. The second-order valence-corrected chi connectivity index (χ2v) is 6.91. The van der Waals surface area contributed by atoms with Crippen LogP contribution < -0.4 is 4.72 Å². The molecule has 0 saturated heterocycles. The SMILES string of the molecule is N#Cc1c(NSc2ccccc2[N+](=O)[O-])sc2c1CCCC2. The predicted octanol–water partition coefficient (Wildman–Crippen LogP) is 4.53. The van der Waals surface area contributed by atoms with Gasteiger partial charge in [0.15, 0.2) is 0 Å². The van der Waals surface area contributed by atoms with Gasteiger partial charge in [0, 0.05) is 10.9 Å². The third-order valence-corrected chi connectivity index (χ3v) is 5.81. The number of hydrogen-bond donors (Lipinski definition) is 1. The number of nitriles is 1. The molecular formula is C15H13N3O2S2. The van der Waals surface area contributed by atoms with Crippen LogP contribution in [-0.2, 0) is 12.8 Å². The fourth-order valence-electron chi connectivity index (χ4n) is 2.55. The summed E-state index contributed by atoms with van der Waals surface area (Å²) in [5, 5.41) is 21.2. The molecule has 5 nitrogen and oxygen atoms in total. The highest BCUT2D eigenvalue weighted by molar-refractivity contribution is 8.00. The molecule has 0 radical (unpaired) electrons. The lowest BCUT2D eigenvalue weighted by atomic mass is 9.96. The third kappa shape index (κ3) is 2.80. The number of nitro benzene ring substituents is 1. The van der Waals surface area contributed by atoms with Crippen molar-refractivity contribution in [1.82, 2.24) is 0 Å². The van der Waals surface area contributed by atoms with Crippen molar-refractivity contribution in [3.8, 4) is 6.07 Å². The van der Waals surface area contributed by atoms with E-state index in [-0.39, 0.29) is 5.69 Å². The monoisotopic (exact) mass is 331 g/mol. The lowest BCUT2D eigenvalue weighted by Gasteiger charge is -2.09. The van der Waals surface area contributed by atoms with E-state index in [9.17, 15) is 15.4 Å². The van der Waals surface area contributed by atoms with E-state index in [0.29, 0.717) is 10.5 Å². The molecule has 0 saturated carbocycles. The van der Waals surface area contributed by atoms with E-state index in [4.69, 9.17) is 0 Å². The normalized spacial score (nSPS) is 13.2.